The summed E-state index contributed by atoms with van der Waals surface area (Å²) in [5.41, 5.74) is 2.64. The number of rotatable bonds is 13. The molecule has 3 N–H and O–H groups in total. The minimum atomic E-state index is -1.08. The molecule has 4 rings (SSSR count). The average Bonchev–Trinajstić information content (AvgIpc) is 3.66. The molecule has 2 fully saturated rings. The summed E-state index contributed by atoms with van der Waals surface area (Å²) in [5.74, 6) is -2.22. The molecule has 1 spiro atoms. The number of hydrogen-bond acceptors (Lipinski definition) is 7. The molecule has 1 saturated heterocycles. The maximum absolute atomic E-state index is 14.6. The number of nitrogens with one attached hydrogen (secondary N) is 3. The Balaban J connectivity index is 1.63. The summed E-state index contributed by atoms with van der Waals surface area (Å²) >= 11 is 6.25. The van der Waals surface area contributed by atoms with E-state index in [1.807, 2.05) is 52.8 Å². The molecule has 3 aliphatic rings. The van der Waals surface area contributed by atoms with Crippen molar-refractivity contribution in [1.82, 2.24) is 25.9 Å². The van der Waals surface area contributed by atoms with Gasteiger partial charge in [0, 0.05) is 37.0 Å². The van der Waals surface area contributed by atoms with E-state index in [9.17, 15) is 24.0 Å². The molecule has 1 aromatic carbocycles. The van der Waals surface area contributed by atoms with Gasteiger partial charge in [-0.05, 0) is 55.2 Å². The number of amides is 4. The van der Waals surface area contributed by atoms with Gasteiger partial charge in [-0.15, -0.1) is 0 Å². The molecule has 11 nitrogen and oxygen atoms in total. The van der Waals surface area contributed by atoms with Crippen LogP contribution in [0.3, 0.4) is 0 Å². The molecule has 0 aromatic heterocycles. The molecule has 0 unspecified atom stereocenters. The molecule has 4 atom stereocenters. The van der Waals surface area contributed by atoms with Crippen molar-refractivity contribution in [3.63, 3.8) is 0 Å². The fourth-order valence-electron chi connectivity index (χ4n) is 7.11. The summed E-state index contributed by atoms with van der Waals surface area (Å²) in [6, 6.07) is 4.24. The normalized spacial score (nSPS) is 22.2. The van der Waals surface area contributed by atoms with Crippen molar-refractivity contribution in [1.29, 1.82) is 0 Å². The summed E-state index contributed by atoms with van der Waals surface area (Å²) in [6.07, 6.45) is 9.19. The Morgan fingerprint density at radius 3 is 2.43 bits per heavy atom. The maximum atomic E-state index is 14.6. The minimum Gasteiger partial charge on any atom is -0.344 e. The van der Waals surface area contributed by atoms with Crippen LogP contribution in [0.25, 0.3) is 5.70 Å². The van der Waals surface area contributed by atoms with Crippen LogP contribution in [0.5, 0.6) is 0 Å². The lowest BCUT2D eigenvalue weighted by atomic mass is 9.84. The molecule has 49 heavy (non-hydrogen) atoms. The molecule has 0 radical (unpaired) electrons. The molecule has 1 aromatic rings. The van der Waals surface area contributed by atoms with Gasteiger partial charge in [-0.25, -0.2) is 0 Å². The van der Waals surface area contributed by atoms with Gasteiger partial charge in [0.2, 0.25) is 23.5 Å². The molecule has 4 amide bonds. The number of benzene rings is 1. The van der Waals surface area contributed by atoms with Gasteiger partial charge in [0.1, 0.15) is 17.7 Å². The predicted molar refractivity (Wildman–Crippen MR) is 189 cm³/mol. The largest absolute Gasteiger partial charge is 0.344 e. The number of nitrogens with zero attached hydrogens (tertiary/aromatic N) is 2. The molecule has 0 bridgehead atoms. The molecule has 1 saturated carbocycles. The van der Waals surface area contributed by atoms with Gasteiger partial charge in [-0.2, -0.15) is 0 Å². The maximum Gasteiger partial charge on any atom is 0.291 e. The van der Waals surface area contributed by atoms with Crippen LogP contribution in [-0.2, 0) is 28.8 Å². The second-order valence-electron chi connectivity index (χ2n) is 15.0. The quantitative estimate of drug-likeness (QED) is 0.252. The van der Waals surface area contributed by atoms with E-state index in [0.717, 1.165) is 31.2 Å². The third-order valence-electron chi connectivity index (χ3n) is 9.79. The Hall–Kier alpha value is -3.44. The summed E-state index contributed by atoms with van der Waals surface area (Å²) in [5, 5.41) is 6.39. The van der Waals surface area contributed by atoms with E-state index >= 15 is 0 Å². The van der Waals surface area contributed by atoms with Gasteiger partial charge in [-0.1, -0.05) is 84.0 Å². The molecular weight excluding hydrogens is 646 g/mol. The SMILES string of the molecule is CCC[C@H](NC(=O)[C@@H]1C[C@]2(C=C(c3cccc(Cl)c3)NO2)CN1C(=O)[C@@H](NC(=O)CC1CCCCC1)C(C)(C)C)C(=O)C(=O)N(C)CCC. The van der Waals surface area contributed by atoms with Crippen LogP contribution in [0.4, 0.5) is 0 Å². The minimum absolute atomic E-state index is 0.0244. The zero-order valence-electron chi connectivity index (χ0n) is 29.9. The number of halogens is 1. The summed E-state index contributed by atoms with van der Waals surface area (Å²) < 4.78 is 0. The molecule has 12 heteroatoms. The smallest absolute Gasteiger partial charge is 0.291 e. The topological polar surface area (TPSA) is 137 Å². The number of ketones is 1. The van der Waals surface area contributed by atoms with Gasteiger partial charge >= 0.3 is 0 Å². The molecule has 2 heterocycles. The van der Waals surface area contributed by atoms with Crippen LogP contribution in [-0.4, -0.2) is 83.1 Å². The first-order chi connectivity index (χ1) is 23.2. The Bertz CT molecular complexity index is 1420. The first-order valence-electron chi connectivity index (χ1n) is 17.8. The Kier molecular flexibility index (Phi) is 12.9. The van der Waals surface area contributed by atoms with Crippen molar-refractivity contribution in [2.24, 2.45) is 11.3 Å². The zero-order chi connectivity index (χ0) is 35.9. The second-order valence-corrected chi connectivity index (χ2v) is 15.5. The van der Waals surface area contributed by atoms with E-state index in [1.54, 1.807) is 19.2 Å². The first-order valence-corrected chi connectivity index (χ1v) is 18.2. The Labute approximate surface area is 295 Å². The number of hydrogen-bond donors (Lipinski definition) is 3. The van der Waals surface area contributed by atoms with E-state index < -0.39 is 52.6 Å². The Morgan fingerprint density at radius 2 is 1.80 bits per heavy atom. The van der Waals surface area contributed by atoms with Crippen molar-refractivity contribution in [3.8, 4) is 0 Å². The van der Waals surface area contributed by atoms with E-state index in [4.69, 9.17) is 16.4 Å². The van der Waals surface area contributed by atoms with Crippen molar-refractivity contribution >= 4 is 46.7 Å². The second kappa shape index (κ2) is 16.5. The summed E-state index contributed by atoms with van der Waals surface area (Å²) in [6.45, 7) is 9.88. The van der Waals surface area contributed by atoms with Crippen molar-refractivity contribution in [3.05, 3.63) is 40.9 Å². The van der Waals surface area contributed by atoms with Crippen LogP contribution >= 0.6 is 11.6 Å². The zero-order valence-corrected chi connectivity index (χ0v) is 30.7. The standard InChI is InChI=1S/C37H54ClN5O6/c1-7-13-27(31(45)34(47)42(6)18-8-2)39-33(46)29-22-37(21-28(41-49-37)25-16-12-17-26(38)20-25)23-43(29)35(48)32(36(3,4)5)40-30(44)19-24-14-10-9-11-15-24/h12,16-17,20-21,24,27,29,32,41H,7-11,13-15,18-19,22-23H2,1-6H3,(H,39,46)(H,40,44)/t27-,29-,32+,37+/m0/s1. The molecule has 2 aliphatic heterocycles. The first kappa shape index (κ1) is 38.4. The van der Waals surface area contributed by atoms with E-state index in [2.05, 4.69) is 16.1 Å². The number of likely N-dealkylation sites (tertiary alicyclic amines) is 1. The van der Waals surface area contributed by atoms with Crippen molar-refractivity contribution in [2.75, 3.05) is 20.1 Å². The highest BCUT2D eigenvalue weighted by Gasteiger charge is 2.54. The van der Waals surface area contributed by atoms with Gasteiger partial charge < -0.3 is 20.4 Å². The Morgan fingerprint density at radius 1 is 1.08 bits per heavy atom. The number of hydroxylamine groups is 1. The predicted octanol–water partition coefficient (Wildman–Crippen LogP) is 4.78. The van der Waals surface area contributed by atoms with E-state index in [-0.39, 0.29) is 31.2 Å². The fourth-order valence-corrected chi connectivity index (χ4v) is 7.30. The fraction of sp³-hybridized carbons (Fsp3) is 0.649. The summed E-state index contributed by atoms with van der Waals surface area (Å²) in [4.78, 5) is 77.3. The third kappa shape index (κ3) is 9.63. The van der Waals surface area contributed by atoms with Gasteiger partial charge in [0.05, 0.1) is 18.3 Å². The van der Waals surface area contributed by atoms with Crippen LogP contribution in [0.15, 0.2) is 30.3 Å². The lowest BCUT2D eigenvalue weighted by Gasteiger charge is -2.36. The van der Waals surface area contributed by atoms with Gasteiger partial charge in [0.15, 0.2) is 0 Å². The van der Waals surface area contributed by atoms with Crippen molar-refractivity contribution in [2.45, 2.75) is 123 Å². The lowest BCUT2D eigenvalue weighted by molar-refractivity contribution is -0.147. The highest BCUT2D eigenvalue weighted by Crippen LogP contribution is 2.39. The van der Waals surface area contributed by atoms with E-state index in [0.29, 0.717) is 36.5 Å². The van der Waals surface area contributed by atoms with Crippen LogP contribution < -0.4 is 16.1 Å². The monoisotopic (exact) mass is 699 g/mol. The molecule has 1 aliphatic carbocycles. The third-order valence-corrected chi connectivity index (χ3v) is 10.0. The van der Waals surface area contributed by atoms with Crippen LogP contribution in [0, 0.1) is 11.3 Å². The number of carbonyl (C=O) groups excluding carboxylic acids is 5. The average molecular weight is 700 g/mol. The summed E-state index contributed by atoms with van der Waals surface area (Å²) in [7, 11) is 1.57. The number of likely N-dealkylation sites (N-methyl/N-ethyl adjacent to an activating group) is 1. The van der Waals surface area contributed by atoms with Crippen LogP contribution in [0.2, 0.25) is 5.02 Å². The van der Waals surface area contributed by atoms with E-state index in [1.165, 1.54) is 16.2 Å². The lowest BCUT2D eigenvalue weighted by Crippen LogP contribution is -2.59. The van der Waals surface area contributed by atoms with Gasteiger partial charge in [0.25, 0.3) is 5.91 Å². The van der Waals surface area contributed by atoms with Gasteiger partial charge in [-0.3, -0.25) is 34.3 Å². The molecule has 270 valence electrons. The number of Topliss-reactive ketones (excluding diaryl/α,β-unsaturated/α-hetero) is 1. The van der Waals surface area contributed by atoms with Crippen molar-refractivity contribution < 1.29 is 28.8 Å². The highest BCUT2D eigenvalue weighted by atomic mass is 35.5. The van der Waals surface area contributed by atoms with Crippen LogP contribution in [0.1, 0.15) is 104 Å². The number of carbonyl (C=O) groups is 5. The molecular formula is C37H54ClN5O6. The highest BCUT2D eigenvalue weighted by molar-refractivity contribution is 6.38.